The number of methoxy groups -OCH3 is 1. The Balaban J connectivity index is 1.74. The zero-order valence-electron chi connectivity index (χ0n) is 19.6. The third-order valence-electron chi connectivity index (χ3n) is 4.96. The fourth-order valence-electron chi connectivity index (χ4n) is 3.02. The Labute approximate surface area is 196 Å². The van der Waals surface area contributed by atoms with Crippen LogP contribution in [-0.2, 0) is 10.2 Å². The molecule has 0 bridgehead atoms. The highest BCUT2D eigenvalue weighted by Gasteiger charge is 2.22. The predicted molar refractivity (Wildman–Crippen MR) is 125 cm³/mol. The van der Waals surface area contributed by atoms with Crippen molar-refractivity contribution in [3.63, 3.8) is 0 Å². The van der Waals surface area contributed by atoms with Gasteiger partial charge in [0, 0.05) is 30.3 Å². The first-order valence-electron chi connectivity index (χ1n) is 10.5. The van der Waals surface area contributed by atoms with Crippen LogP contribution < -0.4 is 15.4 Å². The Morgan fingerprint density at radius 3 is 2.29 bits per heavy atom. The Hall–Kier alpha value is -3.95. The number of rotatable bonds is 6. The van der Waals surface area contributed by atoms with Crippen molar-refractivity contribution >= 4 is 23.4 Å². The number of hydrogen-bond donors (Lipinski definition) is 2. The second kappa shape index (κ2) is 9.90. The first-order chi connectivity index (χ1) is 16.0. The fraction of sp³-hybridized carbons (Fsp3) is 0.292. The molecule has 10 heteroatoms. The number of anilines is 2. The van der Waals surface area contributed by atoms with Crippen LogP contribution in [0.5, 0.6) is 5.75 Å². The van der Waals surface area contributed by atoms with Gasteiger partial charge in [-0.05, 0) is 36.4 Å². The number of carbonyl (C=O) groups is 2. The minimum Gasteiger partial charge on any atom is -0.497 e. The highest BCUT2D eigenvalue weighted by atomic mass is 19.2. The van der Waals surface area contributed by atoms with Crippen LogP contribution >= 0.6 is 0 Å². The number of benzene rings is 2. The summed E-state index contributed by atoms with van der Waals surface area (Å²) in [7, 11) is 2.99. The topological polar surface area (TPSA) is 88.5 Å². The second-order valence-electron chi connectivity index (χ2n) is 8.74. The van der Waals surface area contributed by atoms with Crippen LogP contribution in [-0.4, -0.2) is 47.3 Å². The van der Waals surface area contributed by atoms with Gasteiger partial charge in [-0.1, -0.05) is 20.8 Å². The summed E-state index contributed by atoms with van der Waals surface area (Å²) < 4.78 is 33.3. The lowest BCUT2D eigenvalue weighted by Gasteiger charge is -2.18. The van der Waals surface area contributed by atoms with Crippen LogP contribution in [0, 0.1) is 11.6 Å². The summed E-state index contributed by atoms with van der Waals surface area (Å²) in [6.07, 6.45) is 0. The molecular weight excluding hydrogens is 444 g/mol. The lowest BCUT2D eigenvalue weighted by molar-refractivity contribution is -0.116. The maximum Gasteiger partial charge on any atom is 0.322 e. The molecule has 0 aliphatic heterocycles. The molecule has 0 aliphatic carbocycles. The molecule has 1 aromatic heterocycles. The van der Waals surface area contributed by atoms with Gasteiger partial charge in [0.05, 0.1) is 18.5 Å². The summed E-state index contributed by atoms with van der Waals surface area (Å²) in [5, 5.41) is 9.87. The lowest BCUT2D eigenvalue weighted by Crippen LogP contribution is -2.38. The third kappa shape index (κ3) is 5.89. The number of halogens is 2. The molecule has 0 radical (unpaired) electrons. The predicted octanol–water partition coefficient (Wildman–Crippen LogP) is 4.56. The molecule has 3 rings (SSSR count). The van der Waals surface area contributed by atoms with Crippen molar-refractivity contribution in [3.05, 3.63) is 65.9 Å². The van der Waals surface area contributed by atoms with Crippen molar-refractivity contribution in [2.75, 3.05) is 31.3 Å². The van der Waals surface area contributed by atoms with E-state index in [0.29, 0.717) is 11.6 Å². The number of carbonyl (C=O) groups excluding carboxylic acids is 2. The highest BCUT2D eigenvalue weighted by Crippen LogP contribution is 2.27. The standard InChI is InChI=1S/C24H27F2N5O3/c1-24(2,3)20-13-21(31(29-20)16-7-9-17(34-5)10-8-16)28-22(32)14-30(4)23(33)27-15-6-11-18(25)19(26)12-15/h6-13H,14H2,1-5H3,(H,27,33)(H,28,32). The summed E-state index contributed by atoms with van der Waals surface area (Å²) in [5.74, 6) is -1.44. The minimum absolute atomic E-state index is 0.0727. The molecule has 34 heavy (non-hydrogen) atoms. The first kappa shape index (κ1) is 24.7. The Bertz CT molecular complexity index is 1190. The molecule has 1 heterocycles. The van der Waals surface area contributed by atoms with E-state index in [-0.39, 0.29) is 17.6 Å². The van der Waals surface area contributed by atoms with Gasteiger partial charge in [0.25, 0.3) is 0 Å². The zero-order valence-corrected chi connectivity index (χ0v) is 19.6. The maximum atomic E-state index is 13.4. The third-order valence-corrected chi connectivity index (χ3v) is 4.96. The monoisotopic (exact) mass is 471 g/mol. The summed E-state index contributed by atoms with van der Waals surface area (Å²) >= 11 is 0. The molecule has 180 valence electrons. The summed E-state index contributed by atoms with van der Waals surface area (Å²) in [5.41, 5.74) is 1.29. The number of urea groups is 1. The van der Waals surface area contributed by atoms with Crippen LogP contribution in [0.4, 0.5) is 25.1 Å². The average Bonchev–Trinajstić information content (AvgIpc) is 3.20. The Morgan fingerprint density at radius 2 is 1.71 bits per heavy atom. The molecule has 0 spiro atoms. The first-order valence-corrected chi connectivity index (χ1v) is 10.5. The van der Waals surface area contributed by atoms with E-state index in [1.807, 2.05) is 32.9 Å². The Kier molecular flexibility index (Phi) is 7.19. The lowest BCUT2D eigenvalue weighted by atomic mass is 9.92. The molecule has 0 saturated heterocycles. The van der Waals surface area contributed by atoms with Gasteiger partial charge in [0.2, 0.25) is 5.91 Å². The molecule has 2 N–H and O–H groups in total. The van der Waals surface area contributed by atoms with Gasteiger partial charge in [-0.2, -0.15) is 5.10 Å². The van der Waals surface area contributed by atoms with Crippen molar-refractivity contribution < 1.29 is 23.1 Å². The molecule has 3 aromatic rings. The van der Waals surface area contributed by atoms with Crippen LogP contribution in [0.3, 0.4) is 0 Å². The van der Waals surface area contributed by atoms with E-state index < -0.39 is 23.6 Å². The molecule has 0 fully saturated rings. The van der Waals surface area contributed by atoms with Crippen molar-refractivity contribution in [2.45, 2.75) is 26.2 Å². The molecule has 0 saturated carbocycles. The molecule has 2 aromatic carbocycles. The Morgan fingerprint density at radius 1 is 1.03 bits per heavy atom. The van der Waals surface area contributed by atoms with E-state index in [2.05, 4.69) is 15.7 Å². The van der Waals surface area contributed by atoms with Crippen LogP contribution in [0.1, 0.15) is 26.5 Å². The molecule has 0 aliphatic rings. The number of ether oxygens (including phenoxy) is 1. The molecule has 3 amide bonds. The number of hydrogen-bond acceptors (Lipinski definition) is 4. The van der Waals surface area contributed by atoms with Gasteiger partial charge < -0.3 is 20.3 Å². The van der Waals surface area contributed by atoms with E-state index in [1.165, 1.54) is 13.1 Å². The smallest absolute Gasteiger partial charge is 0.322 e. The van der Waals surface area contributed by atoms with Crippen molar-refractivity contribution in [1.29, 1.82) is 0 Å². The van der Waals surface area contributed by atoms with E-state index >= 15 is 0 Å². The largest absolute Gasteiger partial charge is 0.497 e. The van der Waals surface area contributed by atoms with E-state index in [9.17, 15) is 18.4 Å². The maximum absolute atomic E-state index is 13.4. The number of nitrogens with one attached hydrogen (secondary N) is 2. The van der Waals surface area contributed by atoms with Gasteiger partial charge in [0.1, 0.15) is 18.1 Å². The van der Waals surface area contributed by atoms with Gasteiger partial charge in [0.15, 0.2) is 11.6 Å². The van der Waals surface area contributed by atoms with Crippen molar-refractivity contribution in [2.24, 2.45) is 0 Å². The quantitative estimate of drug-likeness (QED) is 0.552. The van der Waals surface area contributed by atoms with E-state index in [4.69, 9.17) is 4.74 Å². The van der Waals surface area contributed by atoms with Crippen LogP contribution in [0.25, 0.3) is 5.69 Å². The number of likely N-dealkylation sites (N-methyl/N-ethyl adjacent to an activating group) is 1. The van der Waals surface area contributed by atoms with E-state index in [1.54, 1.807) is 30.0 Å². The van der Waals surface area contributed by atoms with Gasteiger partial charge in [-0.15, -0.1) is 0 Å². The SMILES string of the molecule is COc1ccc(-n2nc(C(C)(C)C)cc2NC(=O)CN(C)C(=O)Nc2ccc(F)c(F)c2)cc1. The average molecular weight is 472 g/mol. The second-order valence-corrected chi connectivity index (χ2v) is 8.74. The van der Waals surface area contributed by atoms with Gasteiger partial charge >= 0.3 is 6.03 Å². The summed E-state index contributed by atoms with van der Waals surface area (Å²) in [4.78, 5) is 26.2. The molecule has 8 nitrogen and oxygen atoms in total. The number of aromatic nitrogens is 2. The van der Waals surface area contributed by atoms with Crippen LogP contribution in [0.2, 0.25) is 0 Å². The van der Waals surface area contributed by atoms with Crippen molar-refractivity contribution in [1.82, 2.24) is 14.7 Å². The van der Waals surface area contributed by atoms with Gasteiger partial charge in [-0.3, -0.25) is 4.79 Å². The number of amides is 3. The fourth-order valence-corrected chi connectivity index (χ4v) is 3.02. The summed E-state index contributed by atoms with van der Waals surface area (Å²) in [6.45, 7) is 5.75. The molecule has 0 atom stereocenters. The molecule has 0 unspecified atom stereocenters. The normalized spacial score (nSPS) is 11.1. The zero-order chi connectivity index (χ0) is 25.0. The summed E-state index contributed by atoms with van der Waals surface area (Å²) in [6, 6.07) is 11.3. The molecular formula is C24H27F2N5O3. The number of nitrogens with zero attached hydrogens (tertiary/aromatic N) is 3. The van der Waals surface area contributed by atoms with Crippen molar-refractivity contribution in [3.8, 4) is 11.4 Å². The van der Waals surface area contributed by atoms with E-state index in [0.717, 1.165) is 28.4 Å². The van der Waals surface area contributed by atoms with Crippen LogP contribution in [0.15, 0.2) is 48.5 Å². The van der Waals surface area contributed by atoms with Gasteiger partial charge in [-0.25, -0.2) is 18.3 Å². The minimum atomic E-state index is -1.08. The highest BCUT2D eigenvalue weighted by molar-refractivity contribution is 5.96.